The summed E-state index contributed by atoms with van der Waals surface area (Å²) in [6.45, 7) is 0.341. The summed E-state index contributed by atoms with van der Waals surface area (Å²) in [6.07, 6.45) is 3.12. The van der Waals surface area contributed by atoms with Crippen LogP contribution < -0.4 is 19.5 Å². The predicted molar refractivity (Wildman–Crippen MR) is 109 cm³/mol. The molecule has 0 atom stereocenters. The molecule has 0 radical (unpaired) electrons. The Morgan fingerprint density at radius 1 is 1.00 bits per heavy atom. The Bertz CT molecular complexity index is 938. The van der Waals surface area contributed by atoms with Crippen LogP contribution in [-0.4, -0.2) is 35.6 Å². The van der Waals surface area contributed by atoms with E-state index in [9.17, 15) is 13.2 Å². The fourth-order valence-electron chi connectivity index (χ4n) is 2.42. The van der Waals surface area contributed by atoms with Crippen molar-refractivity contribution >= 4 is 22.0 Å². The first-order valence-corrected chi connectivity index (χ1v) is 10.2. The molecule has 0 bridgehead atoms. The number of hydrogen-bond donors (Lipinski definition) is 2. The molecule has 1 amide bonds. The standard InChI is InChI=1S/C20H24N2O5S/c1-21-28(24,25)14-17-6-4-16(5-7-17)13-22-20(23)11-9-15-8-10-18(26-2)19(12-15)27-3/h4-12,21H,13-14H2,1-3H3,(H,22,23)/b11-9+. The van der Waals surface area contributed by atoms with Gasteiger partial charge in [-0.2, -0.15) is 0 Å². The summed E-state index contributed by atoms with van der Waals surface area (Å²) in [5.74, 6) is 0.890. The molecule has 0 aliphatic heterocycles. The van der Waals surface area contributed by atoms with E-state index in [1.807, 2.05) is 6.07 Å². The highest BCUT2D eigenvalue weighted by molar-refractivity contribution is 7.88. The van der Waals surface area contributed by atoms with Crippen molar-refractivity contribution in [2.75, 3.05) is 21.3 Å². The minimum absolute atomic E-state index is 0.0792. The largest absolute Gasteiger partial charge is 0.493 e. The van der Waals surface area contributed by atoms with Crippen LogP contribution >= 0.6 is 0 Å². The monoisotopic (exact) mass is 404 g/mol. The Balaban J connectivity index is 1.91. The summed E-state index contributed by atoms with van der Waals surface area (Å²) < 4.78 is 35.8. The van der Waals surface area contributed by atoms with Crippen molar-refractivity contribution in [2.45, 2.75) is 12.3 Å². The molecular weight excluding hydrogens is 380 g/mol. The Morgan fingerprint density at radius 2 is 1.64 bits per heavy atom. The van der Waals surface area contributed by atoms with Crippen LogP contribution in [0.25, 0.3) is 6.08 Å². The maximum atomic E-state index is 12.0. The molecule has 0 unspecified atom stereocenters. The summed E-state index contributed by atoms with van der Waals surface area (Å²) in [4.78, 5) is 12.0. The fraction of sp³-hybridized carbons (Fsp3) is 0.250. The van der Waals surface area contributed by atoms with Gasteiger partial charge in [0.05, 0.1) is 20.0 Å². The summed E-state index contributed by atoms with van der Waals surface area (Å²) in [5, 5.41) is 2.79. The third kappa shape index (κ3) is 6.40. The summed E-state index contributed by atoms with van der Waals surface area (Å²) in [7, 11) is 1.20. The number of carbonyl (C=O) groups is 1. The third-order valence-electron chi connectivity index (χ3n) is 3.99. The summed E-state index contributed by atoms with van der Waals surface area (Å²) in [5.41, 5.74) is 2.36. The van der Waals surface area contributed by atoms with E-state index in [0.717, 1.165) is 11.1 Å². The SMILES string of the molecule is CNS(=O)(=O)Cc1ccc(CNC(=O)/C=C/c2ccc(OC)c(OC)c2)cc1. The van der Waals surface area contributed by atoms with Crippen molar-refractivity contribution in [1.82, 2.24) is 10.0 Å². The first kappa shape index (κ1) is 21.5. The lowest BCUT2D eigenvalue weighted by molar-refractivity contribution is -0.116. The predicted octanol–water partition coefficient (Wildman–Crippen LogP) is 2.08. The second kappa shape index (κ2) is 9.91. The Hall–Kier alpha value is -2.84. The highest BCUT2D eigenvalue weighted by Gasteiger charge is 2.08. The first-order valence-electron chi connectivity index (χ1n) is 8.54. The molecule has 0 spiro atoms. The zero-order valence-corrected chi connectivity index (χ0v) is 16.9. The van der Waals surface area contributed by atoms with E-state index in [1.165, 1.54) is 13.1 Å². The number of methoxy groups -OCH3 is 2. The number of nitrogens with one attached hydrogen (secondary N) is 2. The van der Waals surface area contributed by atoms with Crippen molar-refractivity contribution in [3.05, 3.63) is 65.2 Å². The highest BCUT2D eigenvalue weighted by atomic mass is 32.2. The van der Waals surface area contributed by atoms with Gasteiger partial charge in [-0.05, 0) is 41.9 Å². The topological polar surface area (TPSA) is 93.7 Å². The molecule has 150 valence electrons. The highest BCUT2D eigenvalue weighted by Crippen LogP contribution is 2.27. The van der Waals surface area contributed by atoms with Gasteiger partial charge in [-0.25, -0.2) is 13.1 Å². The number of hydrogen-bond acceptors (Lipinski definition) is 5. The van der Waals surface area contributed by atoms with Gasteiger partial charge >= 0.3 is 0 Å². The normalized spacial score (nSPS) is 11.4. The van der Waals surface area contributed by atoms with E-state index in [1.54, 1.807) is 56.7 Å². The molecule has 0 heterocycles. The van der Waals surface area contributed by atoms with Crippen LogP contribution in [0.5, 0.6) is 11.5 Å². The van der Waals surface area contributed by atoms with Gasteiger partial charge in [0.1, 0.15) is 0 Å². The molecule has 2 aromatic carbocycles. The van der Waals surface area contributed by atoms with Gasteiger partial charge < -0.3 is 14.8 Å². The Kier molecular flexibility index (Phi) is 7.60. The lowest BCUT2D eigenvalue weighted by atomic mass is 10.1. The van der Waals surface area contributed by atoms with Gasteiger partial charge in [-0.3, -0.25) is 4.79 Å². The lowest BCUT2D eigenvalue weighted by Gasteiger charge is -2.07. The van der Waals surface area contributed by atoms with Crippen molar-refractivity contribution in [2.24, 2.45) is 0 Å². The average Bonchev–Trinajstić information content (AvgIpc) is 2.71. The number of rotatable bonds is 9. The number of benzene rings is 2. The lowest BCUT2D eigenvalue weighted by Crippen LogP contribution is -2.21. The number of ether oxygens (including phenoxy) is 2. The number of sulfonamides is 1. The molecule has 2 N–H and O–H groups in total. The molecular formula is C20H24N2O5S. The van der Waals surface area contributed by atoms with E-state index in [2.05, 4.69) is 10.0 Å². The van der Waals surface area contributed by atoms with Gasteiger partial charge in [0.15, 0.2) is 11.5 Å². The van der Waals surface area contributed by atoms with Gasteiger partial charge in [-0.1, -0.05) is 30.3 Å². The van der Waals surface area contributed by atoms with Crippen LogP contribution in [0.4, 0.5) is 0 Å². The number of amides is 1. The van der Waals surface area contributed by atoms with Crippen LogP contribution in [0, 0.1) is 0 Å². The second-order valence-corrected chi connectivity index (χ2v) is 7.87. The molecule has 2 rings (SSSR count). The molecule has 28 heavy (non-hydrogen) atoms. The van der Waals surface area contributed by atoms with Crippen LogP contribution in [0.2, 0.25) is 0 Å². The van der Waals surface area contributed by atoms with Crippen molar-refractivity contribution in [1.29, 1.82) is 0 Å². The van der Waals surface area contributed by atoms with Gasteiger partial charge in [0, 0.05) is 12.6 Å². The van der Waals surface area contributed by atoms with Crippen molar-refractivity contribution < 1.29 is 22.7 Å². The maximum Gasteiger partial charge on any atom is 0.244 e. The zero-order valence-electron chi connectivity index (χ0n) is 16.1. The first-order chi connectivity index (χ1) is 13.4. The van der Waals surface area contributed by atoms with E-state index in [0.29, 0.717) is 23.6 Å². The van der Waals surface area contributed by atoms with E-state index in [-0.39, 0.29) is 11.7 Å². The van der Waals surface area contributed by atoms with Gasteiger partial charge in [-0.15, -0.1) is 0 Å². The molecule has 7 nitrogen and oxygen atoms in total. The molecule has 8 heteroatoms. The van der Waals surface area contributed by atoms with Crippen molar-refractivity contribution in [3.63, 3.8) is 0 Å². The smallest absolute Gasteiger partial charge is 0.244 e. The van der Waals surface area contributed by atoms with Crippen molar-refractivity contribution in [3.8, 4) is 11.5 Å². The number of carbonyl (C=O) groups excluding carboxylic acids is 1. The molecule has 2 aromatic rings. The van der Waals surface area contributed by atoms with Gasteiger partial charge in [0.25, 0.3) is 0 Å². The summed E-state index contributed by atoms with van der Waals surface area (Å²) >= 11 is 0. The maximum absolute atomic E-state index is 12.0. The quantitative estimate of drug-likeness (QED) is 0.624. The third-order valence-corrected chi connectivity index (χ3v) is 5.33. The summed E-state index contributed by atoms with van der Waals surface area (Å²) in [6, 6.07) is 12.4. The molecule has 0 fully saturated rings. The van der Waals surface area contributed by atoms with E-state index >= 15 is 0 Å². The van der Waals surface area contributed by atoms with E-state index in [4.69, 9.17) is 9.47 Å². The van der Waals surface area contributed by atoms with E-state index < -0.39 is 10.0 Å². The van der Waals surface area contributed by atoms with Gasteiger partial charge in [0.2, 0.25) is 15.9 Å². The molecule has 0 saturated heterocycles. The fourth-order valence-corrected chi connectivity index (χ4v) is 3.20. The molecule has 0 aliphatic rings. The Morgan fingerprint density at radius 3 is 2.25 bits per heavy atom. The van der Waals surface area contributed by atoms with Crippen LogP contribution in [0.15, 0.2) is 48.5 Å². The molecule has 0 aliphatic carbocycles. The van der Waals surface area contributed by atoms with Crippen LogP contribution in [0.1, 0.15) is 16.7 Å². The van der Waals surface area contributed by atoms with Crippen LogP contribution in [-0.2, 0) is 27.1 Å². The Labute approximate surface area is 165 Å². The van der Waals surface area contributed by atoms with Crippen LogP contribution in [0.3, 0.4) is 0 Å². The minimum atomic E-state index is -3.30. The average molecular weight is 404 g/mol. The minimum Gasteiger partial charge on any atom is -0.493 e. The zero-order chi connectivity index (χ0) is 20.6. The second-order valence-electron chi connectivity index (χ2n) is 5.95. The molecule has 0 saturated carbocycles. The molecule has 0 aromatic heterocycles.